The quantitative estimate of drug-likeness (QED) is 0.917. The maximum Gasteiger partial charge on any atom is 0.224 e. The van der Waals surface area contributed by atoms with E-state index < -0.39 is 0 Å². The Morgan fingerprint density at radius 3 is 2.72 bits per heavy atom. The molecular weight excluding hydrogens is 250 g/mol. The van der Waals surface area contributed by atoms with Crippen molar-refractivity contribution in [2.45, 2.75) is 6.54 Å². The van der Waals surface area contributed by atoms with Gasteiger partial charge in [-0.25, -0.2) is 4.98 Å². The average Bonchev–Trinajstić information content (AvgIpc) is 2.40. The summed E-state index contributed by atoms with van der Waals surface area (Å²) >= 11 is 6.11. The molecule has 0 amide bonds. The molecule has 2 aromatic rings. The van der Waals surface area contributed by atoms with Crippen molar-refractivity contribution in [1.82, 2.24) is 15.0 Å². The lowest BCUT2D eigenvalue weighted by Crippen LogP contribution is -2.19. The Labute approximate surface area is 111 Å². The van der Waals surface area contributed by atoms with E-state index in [1.807, 2.05) is 24.1 Å². The van der Waals surface area contributed by atoms with Crippen molar-refractivity contribution < 1.29 is 0 Å². The third-order valence-electron chi connectivity index (χ3n) is 2.48. The van der Waals surface area contributed by atoms with Crippen LogP contribution in [0.4, 0.5) is 11.8 Å². The molecule has 0 bridgehead atoms. The summed E-state index contributed by atoms with van der Waals surface area (Å²) in [7, 11) is 3.71. The van der Waals surface area contributed by atoms with Crippen LogP contribution < -0.4 is 10.2 Å². The minimum atomic E-state index is 0.533. The molecule has 0 unspecified atom stereocenters. The minimum absolute atomic E-state index is 0.533. The van der Waals surface area contributed by atoms with Gasteiger partial charge in [0.2, 0.25) is 5.95 Å². The van der Waals surface area contributed by atoms with Crippen molar-refractivity contribution in [2.24, 2.45) is 0 Å². The predicted molar refractivity (Wildman–Crippen MR) is 72.9 cm³/mol. The average molecular weight is 264 g/mol. The Balaban J connectivity index is 2.20. The van der Waals surface area contributed by atoms with Crippen molar-refractivity contribution in [1.29, 1.82) is 0 Å². The first-order valence-electron chi connectivity index (χ1n) is 5.51. The number of anilines is 2. The van der Waals surface area contributed by atoms with Gasteiger partial charge in [0.05, 0.1) is 6.20 Å². The molecule has 94 valence electrons. The van der Waals surface area contributed by atoms with E-state index in [2.05, 4.69) is 20.3 Å². The van der Waals surface area contributed by atoms with Gasteiger partial charge in [-0.2, -0.15) is 4.98 Å². The van der Waals surface area contributed by atoms with Gasteiger partial charge < -0.3 is 10.2 Å². The summed E-state index contributed by atoms with van der Waals surface area (Å²) in [4.78, 5) is 14.4. The van der Waals surface area contributed by atoms with Crippen LogP contribution in [0.1, 0.15) is 5.56 Å². The predicted octanol–water partition coefficient (Wildman–Crippen LogP) is 2.20. The molecule has 6 heteroatoms. The fourth-order valence-electron chi connectivity index (χ4n) is 1.58. The van der Waals surface area contributed by atoms with Gasteiger partial charge in [0.1, 0.15) is 5.02 Å². The summed E-state index contributed by atoms with van der Waals surface area (Å²) in [5, 5.41) is 3.43. The molecule has 0 aromatic carbocycles. The zero-order chi connectivity index (χ0) is 13.0. The molecule has 0 atom stereocenters. The number of aromatic nitrogens is 3. The van der Waals surface area contributed by atoms with Crippen LogP contribution in [0.2, 0.25) is 5.02 Å². The molecule has 0 saturated carbocycles. The molecule has 2 heterocycles. The summed E-state index contributed by atoms with van der Waals surface area (Å²) in [5.74, 6) is 1.25. The lowest BCUT2D eigenvalue weighted by atomic mass is 10.2. The number of hydrogen-bond donors (Lipinski definition) is 1. The second-order valence-corrected chi connectivity index (χ2v) is 4.23. The molecular formula is C12H14ClN5. The van der Waals surface area contributed by atoms with Crippen molar-refractivity contribution in [3.05, 3.63) is 41.3 Å². The van der Waals surface area contributed by atoms with Gasteiger partial charge in [0, 0.05) is 33.0 Å². The number of nitrogens with zero attached hydrogens (tertiary/aromatic N) is 4. The lowest BCUT2D eigenvalue weighted by Gasteiger charge is -2.19. The number of nitrogens with one attached hydrogen (secondary N) is 1. The molecule has 18 heavy (non-hydrogen) atoms. The van der Waals surface area contributed by atoms with E-state index in [1.54, 1.807) is 25.6 Å². The van der Waals surface area contributed by atoms with Crippen molar-refractivity contribution in [3.63, 3.8) is 0 Å². The maximum atomic E-state index is 6.11. The third-order valence-corrected chi connectivity index (χ3v) is 2.75. The highest BCUT2D eigenvalue weighted by atomic mass is 35.5. The van der Waals surface area contributed by atoms with E-state index in [4.69, 9.17) is 11.6 Å². The Bertz CT molecular complexity index is 517. The van der Waals surface area contributed by atoms with Crippen LogP contribution in [-0.4, -0.2) is 29.0 Å². The second kappa shape index (κ2) is 5.64. The topological polar surface area (TPSA) is 53.9 Å². The molecule has 2 aromatic heterocycles. The molecule has 0 aliphatic carbocycles. The third kappa shape index (κ3) is 2.87. The first-order valence-corrected chi connectivity index (χ1v) is 5.89. The largest absolute Gasteiger partial charge is 0.357 e. The van der Waals surface area contributed by atoms with Crippen molar-refractivity contribution in [3.8, 4) is 0 Å². The zero-order valence-corrected chi connectivity index (χ0v) is 11.0. The van der Waals surface area contributed by atoms with E-state index in [0.717, 1.165) is 5.56 Å². The van der Waals surface area contributed by atoms with E-state index in [0.29, 0.717) is 23.3 Å². The maximum absolute atomic E-state index is 6.11. The van der Waals surface area contributed by atoms with Gasteiger partial charge in [-0.05, 0) is 17.7 Å². The molecule has 2 rings (SSSR count). The fraction of sp³-hybridized carbons (Fsp3) is 0.250. The van der Waals surface area contributed by atoms with Crippen molar-refractivity contribution in [2.75, 3.05) is 24.3 Å². The number of hydrogen-bond acceptors (Lipinski definition) is 5. The first-order chi connectivity index (χ1) is 8.70. The smallest absolute Gasteiger partial charge is 0.224 e. The molecule has 0 saturated heterocycles. The minimum Gasteiger partial charge on any atom is -0.357 e. The van der Waals surface area contributed by atoms with Crippen molar-refractivity contribution >= 4 is 23.4 Å². The van der Waals surface area contributed by atoms with E-state index in [-0.39, 0.29) is 0 Å². The molecule has 0 aliphatic heterocycles. The normalized spacial score (nSPS) is 10.2. The molecule has 1 N–H and O–H groups in total. The highest BCUT2D eigenvalue weighted by Gasteiger charge is 2.10. The molecule has 0 fully saturated rings. The number of halogens is 1. The van der Waals surface area contributed by atoms with Gasteiger partial charge in [-0.15, -0.1) is 0 Å². The van der Waals surface area contributed by atoms with E-state index in [9.17, 15) is 0 Å². The number of pyridine rings is 1. The van der Waals surface area contributed by atoms with Gasteiger partial charge in [-0.3, -0.25) is 4.98 Å². The van der Waals surface area contributed by atoms with Gasteiger partial charge in [0.25, 0.3) is 0 Å². The standard InChI is InChI=1S/C12H14ClN5/c1-14-12-16-7-10(13)11(17-12)18(2)8-9-3-5-15-6-4-9/h3-7H,8H2,1-2H3,(H,14,16,17). The highest BCUT2D eigenvalue weighted by Crippen LogP contribution is 2.23. The highest BCUT2D eigenvalue weighted by molar-refractivity contribution is 6.32. The first kappa shape index (κ1) is 12.6. The number of rotatable bonds is 4. The second-order valence-electron chi connectivity index (χ2n) is 3.83. The molecule has 0 spiro atoms. The van der Waals surface area contributed by atoms with Crippen LogP contribution in [0.15, 0.2) is 30.7 Å². The van der Waals surface area contributed by atoms with Gasteiger partial charge >= 0.3 is 0 Å². The molecule has 5 nitrogen and oxygen atoms in total. The Kier molecular flexibility index (Phi) is 3.94. The SMILES string of the molecule is CNc1ncc(Cl)c(N(C)Cc2ccncc2)n1. The Hall–Kier alpha value is -1.88. The Morgan fingerprint density at radius 2 is 2.06 bits per heavy atom. The van der Waals surface area contributed by atoms with Crippen LogP contribution in [-0.2, 0) is 6.54 Å². The van der Waals surface area contributed by atoms with Gasteiger partial charge in [-0.1, -0.05) is 11.6 Å². The summed E-state index contributed by atoms with van der Waals surface area (Å²) in [6.07, 6.45) is 5.13. The summed E-state index contributed by atoms with van der Waals surface area (Å²) in [6.45, 7) is 0.711. The summed E-state index contributed by atoms with van der Waals surface area (Å²) in [6, 6.07) is 3.93. The monoisotopic (exact) mass is 263 g/mol. The van der Waals surface area contributed by atoms with Crippen LogP contribution in [0.25, 0.3) is 0 Å². The lowest BCUT2D eigenvalue weighted by molar-refractivity contribution is 0.890. The Morgan fingerprint density at radius 1 is 1.33 bits per heavy atom. The van der Waals surface area contributed by atoms with Crippen LogP contribution in [0.3, 0.4) is 0 Å². The zero-order valence-electron chi connectivity index (χ0n) is 10.3. The van der Waals surface area contributed by atoms with Crippen LogP contribution in [0.5, 0.6) is 0 Å². The molecule has 0 radical (unpaired) electrons. The van der Waals surface area contributed by atoms with Gasteiger partial charge in [0.15, 0.2) is 5.82 Å². The molecule has 0 aliphatic rings. The van der Waals surface area contributed by atoms with Crippen LogP contribution >= 0.6 is 11.6 Å². The fourth-order valence-corrected chi connectivity index (χ4v) is 1.82. The summed E-state index contributed by atoms with van der Waals surface area (Å²) in [5.41, 5.74) is 1.15. The van der Waals surface area contributed by atoms with Crippen LogP contribution in [0, 0.1) is 0 Å². The summed E-state index contributed by atoms with van der Waals surface area (Å²) < 4.78 is 0. The van der Waals surface area contributed by atoms with E-state index >= 15 is 0 Å². The van der Waals surface area contributed by atoms with E-state index in [1.165, 1.54) is 0 Å².